The van der Waals surface area contributed by atoms with Crippen LogP contribution in [0.5, 0.6) is 5.75 Å². The van der Waals surface area contributed by atoms with Crippen LogP contribution in [0.4, 0.5) is 11.4 Å². The zero-order chi connectivity index (χ0) is 19.2. The van der Waals surface area contributed by atoms with Crippen molar-refractivity contribution in [2.24, 2.45) is 5.92 Å². The van der Waals surface area contributed by atoms with Crippen molar-refractivity contribution >= 4 is 17.3 Å². The average molecular weight is 370 g/mol. The first-order valence-electron chi connectivity index (χ1n) is 9.35. The molecule has 1 aliphatic rings. The number of amides is 1. The molecule has 1 unspecified atom stereocenters. The Morgan fingerprint density at radius 1 is 1.37 bits per heavy atom. The topological polar surface area (TPSA) is 76.5 Å². The molecule has 1 amide bonds. The fourth-order valence-corrected chi connectivity index (χ4v) is 3.51. The van der Waals surface area contributed by atoms with Gasteiger partial charge in [0, 0.05) is 32.1 Å². The van der Waals surface area contributed by atoms with E-state index in [2.05, 4.69) is 15.3 Å². The van der Waals surface area contributed by atoms with Crippen molar-refractivity contribution in [1.82, 2.24) is 9.78 Å². The van der Waals surface area contributed by atoms with Crippen LogP contribution in [-0.2, 0) is 11.3 Å². The van der Waals surface area contributed by atoms with Crippen molar-refractivity contribution < 1.29 is 9.53 Å². The molecule has 0 radical (unpaired) electrons. The molecular weight excluding hydrogens is 344 g/mol. The van der Waals surface area contributed by atoms with Crippen LogP contribution in [0.15, 0.2) is 41.3 Å². The van der Waals surface area contributed by atoms with Crippen LogP contribution in [0.1, 0.15) is 26.2 Å². The van der Waals surface area contributed by atoms with Crippen molar-refractivity contribution in [2.75, 3.05) is 30.4 Å². The van der Waals surface area contributed by atoms with Crippen LogP contribution in [0.2, 0.25) is 0 Å². The van der Waals surface area contributed by atoms with Gasteiger partial charge in [-0.25, -0.2) is 4.68 Å². The Balaban J connectivity index is 1.62. The number of aromatic nitrogens is 2. The molecule has 1 aliphatic heterocycles. The summed E-state index contributed by atoms with van der Waals surface area (Å²) in [4.78, 5) is 26.7. The van der Waals surface area contributed by atoms with Gasteiger partial charge < -0.3 is 15.0 Å². The molecule has 0 bridgehead atoms. The molecule has 0 aliphatic carbocycles. The Kier molecular flexibility index (Phi) is 6.11. The molecule has 1 atom stereocenters. The first-order chi connectivity index (χ1) is 13.1. The van der Waals surface area contributed by atoms with Gasteiger partial charge in [0.05, 0.1) is 24.7 Å². The highest BCUT2D eigenvalue weighted by Gasteiger charge is 2.23. The number of piperidine rings is 1. The third-order valence-corrected chi connectivity index (χ3v) is 4.89. The molecule has 0 spiro atoms. The summed E-state index contributed by atoms with van der Waals surface area (Å²) < 4.78 is 6.72. The largest absolute Gasteiger partial charge is 0.495 e. The average Bonchev–Trinajstić information content (AvgIpc) is 2.68. The normalized spacial score (nSPS) is 16.8. The fraction of sp³-hybridized carbons (Fsp3) is 0.450. The first-order valence-corrected chi connectivity index (χ1v) is 9.35. The highest BCUT2D eigenvalue weighted by molar-refractivity contribution is 5.92. The number of hydrogen-bond donors (Lipinski definition) is 1. The number of rotatable bonds is 6. The smallest absolute Gasteiger partial charge is 0.268 e. The third kappa shape index (κ3) is 4.67. The van der Waals surface area contributed by atoms with Crippen molar-refractivity contribution in [2.45, 2.75) is 32.7 Å². The van der Waals surface area contributed by atoms with E-state index >= 15 is 0 Å². The maximum absolute atomic E-state index is 12.5. The van der Waals surface area contributed by atoms with Gasteiger partial charge >= 0.3 is 0 Å². The summed E-state index contributed by atoms with van der Waals surface area (Å²) in [6.45, 7) is 4.08. The van der Waals surface area contributed by atoms with Crippen molar-refractivity contribution in [3.63, 3.8) is 0 Å². The number of methoxy groups -OCH3 is 1. The number of nitrogens with zero attached hydrogens (tertiary/aromatic N) is 3. The van der Waals surface area contributed by atoms with Gasteiger partial charge in [-0.3, -0.25) is 9.59 Å². The van der Waals surface area contributed by atoms with Gasteiger partial charge in [-0.2, -0.15) is 5.10 Å². The molecule has 1 aromatic carbocycles. The molecule has 1 aromatic heterocycles. The number of aryl methyl sites for hydroxylation is 1. The maximum atomic E-state index is 12.5. The summed E-state index contributed by atoms with van der Waals surface area (Å²) in [6.07, 6.45) is 4.16. The van der Waals surface area contributed by atoms with Gasteiger partial charge in [0.15, 0.2) is 0 Å². The number of anilines is 2. The number of ether oxygens (including phenoxy) is 1. The van der Waals surface area contributed by atoms with Crippen molar-refractivity contribution in [1.29, 1.82) is 0 Å². The van der Waals surface area contributed by atoms with Crippen LogP contribution in [0, 0.1) is 5.92 Å². The van der Waals surface area contributed by atoms with Gasteiger partial charge in [-0.15, -0.1) is 0 Å². The zero-order valence-corrected chi connectivity index (χ0v) is 15.9. The molecule has 2 aromatic rings. The lowest BCUT2D eigenvalue weighted by atomic mass is 9.94. The Morgan fingerprint density at radius 2 is 2.19 bits per heavy atom. The molecule has 2 heterocycles. The molecule has 1 saturated heterocycles. The van der Waals surface area contributed by atoms with Crippen LogP contribution in [-0.4, -0.2) is 35.9 Å². The Hall–Kier alpha value is -2.83. The molecule has 7 nitrogen and oxygen atoms in total. The van der Waals surface area contributed by atoms with Gasteiger partial charge in [0.1, 0.15) is 5.75 Å². The van der Waals surface area contributed by atoms with E-state index in [4.69, 9.17) is 4.74 Å². The maximum Gasteiger partial charge on any atom is 0.268 e. The number of para-hydroxylation sites is 2. The van der Waals surface area contributed by atoms with Crippen LogP contribution < -0.4 is 20.5 Å². The molecule has 3 rings (SSSR count). The second-order valence-electron chi connectivity index (χ2n) is 6.77. The van der Waals surface area contributed by atoms with Crippen molar-refractivity contribution in [3.8, 4) is 5.75 Å². The molecule has 1 fully saturated rings. The number of nitrogens with one attached hydrogen (secondary N) is 1. The van der Waals surface area contributed by atoms with E-state index in [-0.39, 0.29) is 17.4 Å². The monoisotopic (exact) mass is 370 g/mol. The Bertz CT molecular complexity index is 849. The highest BCUT2D eigenvalue weighted by atomic mass is 16.5. The minimum atomic E-state index is -0.0916. The number of carbonyl (C=O) groups is 1. The molecule has 144 valence electrons. The summed E-state index contributed by atoms with van der Waals surface area (Å²) in [5.41, 5.74) is 1.43. The second-order valence-corrected chi connectivity index (χ2v) is 6.77. The lowest BCUT2D eigenvalue weighted by Crippen LogP contribution is -2.38. The van der Waals surface area contributed by atoms with Gasteiger partial charge in [0.2, 0.25) is 5.91 Å². The minimum absolute atomic E-state index is 0.0223. The summed E-state index contributed by atoms with van der Waals surface area (Å²) >= 11 is 0. The quantitative estimate of drug-likeness (QED) is 0.846. The predicted molar refractivity (Wildman–Crippen MR) is 105 cm³/mol. The lowest BCUT2D eigenvalue weighted by Gasteiger charge is -2.34. The fourth-order valence-electron chi connectivity index (χ4n) is 3.51. The Morgan fingerprint density at radius 3 is 2.93 bits per heavy atom. The van der Waals surface area contributed by atoms with E-state index in [1.165, 1.54) is 4.68 Å². The van der Waals surface area contributed by atoms with E-state index in [1.807, 2.05) is 31.2 Å². The lowest BCUT2D eigenvalue weighted by molar-refractivity contribution is -0.117. The van der Waals surface area contributed by atoms with Crippen LogP contribution in [0.3, 0.4) is 0 Å². The number of hydrogen-bond acceptors (Lipinski definition) is 5. The molecule has 0 saturated carbocycles. The summed E-state index contributed by atoms with van der Waals surface area (Å²) in [5, 5.41) is 7.14. The molecule has 7 heteroatoms. The molecular formula is C20H26N4O3. The zero-order valence-electron chi connectivity index (χ0n) is 15.9. The highest BCUT2D eigenvalue weighted by Crippen LogP contribution is 2.26. The second kappa shape index (κ2) is 8.70. The standard InChI is InChI=1S/C20H26N4O3/c1-3-24-20(26)12-16(13-21-24)23-10-6-7-15(14-23)11-19(25)22-17-8-4-5-9-18(17)27-2/h4-5,8-9,12-13,15H,3,6-7,10-11,14H2,1-2H3,(H,22,25). The molecule has 1 N–H and O–H groups in total. The van der Waals surface area contributed by atoms with E-state index < -0.39 is 0 Å². The van der Waals surface area contributed by atoms with E-state index in [9.17, 15) is 9.59 Å². The third-order valence-electron chi connectivity index (χ3n) is 4.89. The van der Waals surface area contributed by atoms with E-state index in [1.54, 1.807) is 19.4 Å². The predicted octanol–water partition coefficient (Wildman–Crippen LogP) is 2.52. The summed E-state index contributed by atoms with van der Waals surface area (Å²) in [7, 11) is 1.59. The van der Waals surface area contributed by atoms with E-state index in [0.717, 1.165) is 31.6 Å². The summed E-state index contributed by atoms with van der Waals surface area (Å²) in [5.74, 6) is 0.867. The van der Waals surface area contributed by atoms with Crippen molar-refractivity contribution in [3.05, 3.63) is 46.9 Å². The SMILES string of the molecule is CCn1ncc(N2CCCC(CC(=O)Nc3ccccc3OC)C2)cc1=O. The van der Waals surface area contributed by atoms with Crippen LogP contribution >= 0.6 is 0 Å². The summed E-state index contributed by atoms with van der Waals surface area (Å²) in [6, 6.07) is 9.02. The number of carbonyl (C=O) groups excluding carboxylic acids is 1. The van der Waals surface area contributed by atoms with Gasteiger partial charge in [0.25, 0.3) is 5.56 Å². The number of benzene rings is 1. The molecule has 27 heavy (non-hydrogen) atoms. The minimum Gasteiger partial charge on any atom is -0.495 e. The first kappa shape index (κ1) is 18.9. The van der Waals surface area contributed by atoms with Crippen LogP contribution in [0.25, 0.3) is 0 Å². The van der Waals surface area contributed by atoms with Gasteiger partial charge in [-0.1, -0.05) is 12.1 Å². The van der Waals surface area contributed by atoms with E-state index in [0.29, 0.717) is 24.4 Å². The van der Waals surface area contributed by atoms with Gasteiger partial charge in [-0.05, 0) is 37.8 Å². The Labute approximate surface area is 158 Å².